The summed E-state index contributed by atoms with van der Waals surface area (Å²) < 4.78 is 10.4. The van der Waals surface area contributed by atoms with Crippen LogP contribution in [-0.2, 0) is 11.2 Å². The Hall–Kier alpha value is -1.95. The number of carbonyl (C=O) groups is 1. The summed E-state index contributed by atoms with van der Waals surface area (Å²) in [5.41, 5.74) is 6.67. The van der Waals surface area contributed by atoms with E-state index < -0.39 is 11.7 Å². The van der Waals surface area contributed by atoms with E-state index in [9.17, 15) is 9.90 Å². The van der Waals surface area contributed by atoms with Crippen molar-refractivity contribution in [1.29, 1.82) is 0 Å². The van der Waals surface area contributed by atoms with Gasteiger partial charge in [-0.15, -0.1) is 0 Å². The fourth-order valence-electron chi connectivity index (χ4n) is 2.28. The van der Waals surface area contributed by atoms with Crippen LogP contribution in [-0.4, -0.2) is 29.4 Å². The highest BCUT2D eigenvalue weighted by Crippen LogP contribution is 2.39. The first-order chi connectivity index (χ1) is 10.6. The number of amides is 1. The predicted octanol–water partition coefficient (Wildman–Crippen LogP) is 3.17. The van der Waals surface area contributed by atoms with Gasteiger partial charge in [0.15, 0.2) is 11.5 Å². The minimum atomic E-state index is -0.621. The van der Waals surface area contributed by atoms with Gasteiger partial charge in [-0.3, -0.25) is 5.32 Å². The molecule has 1 aliphatic rings. The summed E-state index contributed by atoms with van der Waals surface area (Å²) >= 11 is 0. The van der Waals surface area contributed by atoms with Gasteiger partial charge in [-0.2, -0.15) is 0 Å². The molecule has 0 atom stereocenters. The highest BCUT2D eigenvalue weighted by atomic mass is 16.6. The van der Waals surface area contributed by atoms with Crippen LogP contribution in [0, 0.1) is 0 Å². The second kappa shape index (κ2) is 6.28. The summed E-state index contributed by atoms with van der Waals surface area (Å²) in [4.78, 5) is 11.9. The van der Waals surface area contributed by atoms with Gasteiger partial charge in [-0.1, -0.05) is 0 Å². The number of methoxy groups -OCH3 is 1. The Kier molecular flexibility index (Phi) is 4.75. The van der Waals surface area contributed by atoms with E-state index in [4.69, 9.17) is 15.2 Å². The largest absolute Gasteiger partial charge is 0.503 e. The zero-order valence-electron chi connectivity index (χ0n) is 14.2. The molecule has 1 aliphatic carbocycles. The summed E-state index contributed by atoms with van der Waals surface area (Å²) in [6.45, 7) is 5.33. The van der Waals surface area contributed by atoms with E-state index >= 15 is 0 Å². The van der Waals surface area contributed by atoms with Crippen LogP contribution >= 0.6 is 0 Å². The molecule has 0 spiro atoms. The second-order valence-electron chi connectivity index (χ2n) is 7.18. The maximum atomic E-state index is 11.9. The fourth-order valence-corrected chi connectivity index (χ4v) is 2.28. The number of nitrogens with two attached hydrogens (primary N) is 1. The van der Waals surface area contributed by atoms with Gasteiger partial charge >= 0.3 is 6.09 Å². The second-order valence-corrected chi connectivity index (χ2v) is 7.18. The highest BCUT2D eigenvalue weighted by molar-refractivity contribution is 5.88. The molecule has 0 aliphatic heterocycles. The average Bonchev–Trinajstić information content (AvgIpc) is 3.15. The summed E-state index contributed by atoms with van der Waals surface area (Å²) in [6.07, 6.45) is 3.10. The molecule has 1 amide bonds. The number of phenols is 1. The first-order valence-corrected chi connectivity index (χ1v) is 7.81. The first kappa shape index (κ1) is 17.4. The lowest BCUT2D eigenvalue weighted by Gasteiger charge is -2.20. The number of hydrogen-bond donors (Lipinski definition) is 3. The molecule has 0 heterocycles. The molecule has 2 rings (SSSR count). The van der Waals surface area contributed by atoms with Crippen molar-refractivity contribution in [3.63, 3.8) is 0 Å². The molecule has 1 saturated carbocycles. The van der Waals surface area contributed by atoms with Gasteiger partial charge in [-0.25, -0.2) is 4.79 Å². The van der Waals surface area contributed by atoms with E-state index in [1.54, 1.807) is 32.9 Å². The maximum Gasteiger partial charge on any atom is 0.412 e. The SMILES string of the molecule is COc1cc(CCC2(N)CC2)cc(NC(=O)OC(C)(C)C)c1O. The van der Waals surface area contributed by atoms with Gasteiger partial charge in [0.2, 0.25) is 0 Å². The number of phenolic OH excluding ortho intramolecular Hbond substituents is 1. The average molecular weight is 322 g/mol. The number of ether oxygens (including phenoxy) is 2. The summed E-state index contributed by atoms with van der Waals surface area (Å²) in [6, 6.07) is 3.49. The summed E-state index contributed by atoms with van der Waals surface area (Å²) in [5, 5.41) is 12.8. The Balaban J connectivity index is 2.14. The number of hydrogen-bond acceptors (Lipinski definition) is 5. The van der Waals surface area contributed by atoms with Gasteiger partial charge in [0.1, 0.15) is 5.60 Å². The predicted molar refractivity (Wildman–Crippen MR) is 89.0 cm³/mol. The molecular weight excluding hydrogens is 296 g/mol. The van der Waals surface area contributed by atoms with E-state index in [-0.39, 0.29) is 17.0 Å². The van der Waals surface area contributed by atoms with Crippen molar-refractivity contribution in [1.82, 2.24) is 0 Å². The lowest BCUT2D eigenvalue weighted by molar-refractivity contribution is 0.0635. The van der Waals surface area contributed by atoms with Gasteiger partial charge in [-0.05, 0) is 64.2 Å². The molecule has 6 nitrogen and oxygen atoms in total. The number of carbonyl (C=O) groups excluding carboxylic acids is 1. The zero-order valence-corrected chi connectivity index (χ0v) is 14.2. The van der Waals surface area contributed by atoms with Crippen LogP contribution in [0.1, 0.15) is 45.6 Å². The van der Waals surface area contributed by atoms with Crippen LogP contribution in [0.2, 0.25) is 0 Å². The lowest BCUT2D eigenvalue weighted by Crippen LogP contribution is -2.27. The number of anilines is 1. The van der Waals surface area contributed by atoms with E-state index in [2.05, 4.69) is 5.32 Å². The molecule has 1 aromatic rings. The van der Waals surface area contributed by atoms with Crippen molar-refractivity contribution in [3.05, 3.63) is 17.7 Å². The highest BCUT2D eigenvalue weighted by Gasteiger charge is 2.37. The number of aromatic hydroxyl groups is 1. The normalized spacial score (nSPS) is 15.9. The minimum absolute atomic E-state index is 0.0517. The van der Waals surface area contributed by atoms with Crippen LogP contribution in [0.15, 0.2) is 12.1 Å². The van der Waals surface area contributed by atoms with Crippen LogP contribution < -0.4 is 15.8 Å². The zero-order chi connectivity index (χ0) is 17.3. The van der Waals surface area contributed by atoms with Crippen LogP contribution in [0.5, 0.6) is 11.5 Å². The van der Waals surface area contributed by atoms with E-state index in [1.165, 1.54) is 7.11 Å². The first-order valence-electron chi connectivity index (χ1n) is 7.81. The topological polar surface area (TPSA) is 93.8 Å². The fraction of sp³-hybridized carbons (Fsp3) is 0.588. The van der Waals surface area contributed by atoms with Crippen molar-refractivity contribution in [2.75, 3.05) is 12.4 Å². The Morgan fingerprint density at radius 1 is 1.39 bits per heavy atom. The van der Waals surface area contributed by atoms with Crippen molar-refractivity contribution in [3.8, 4) is 11.5 Å². The molecular formula is C17H26N2O4. The number of rotatable bonds is 5. The molecule has 0 radical (unpaired) electrons. The Labute approximate surface area is 137 Å². The molecule has 0 bridgehead atoms. The molecule has 0 unspecified atom stereocenters. The van der Waals surface area contributed by atoms with Crippen LogP contribution in [0.4, 0.5) is 10.5 Å². The monoisotopic (exact) mass is 322 g/mol. The third kappa shape index (κ3) is 5.03. The van der Waals surface area contributed by atoms with E-state index in [0.717, 1.165) is 31.2 Å². The molecule has 23 heavy (non-hydrogen) atoms. The van der Waals surface area contributed by atoms with Crippen molar-refractivity contribution >= 4 is 11.8 Å². The number of benzene rings is 1. The molecule has 128 valence electrons. The molecule has 1 aromatic carbocycles. The third-order valence-corrected chi connectivity index (χ3v) is 3.79. The molecule has 0 aromatic heterocycles. The molecule has 6 heteroatoms. The quantitative estimate of drug-likeness (QED) is 0.724. The van der Waals surface area contributed by atoms with Crippen molar-refractivity contribution in [2.45, 2.75) is 57.6 Å². The summed E-state index contributed by atoms with van der Waals surface area (Å²) in [5.74, 6) is 0.200. The van der Waals surface area contributed by atoms with Crippen molar-refractivity contribution < 1.29 is 19.4 Å². The number of aryl methyl sites for hydroxylation is 1. The Bertz CT molecular complexity index is 589. The lowest BCUT2D eigenvalue weighted by atomic mass is 10.0. The Morgan fingerprint density at radius 3 is 2.57 bits per heavy atom. The van der Waals surface area contributed by atoms with Gasteiger partial charge < -0.3 is 20.3 Å². The van der Waals surface area contributed by atoms with Gasteiger partial charge in [0.25, 0.3) is 0 Å². The number of nitrogens with one attached hydrogen (secondary N) is 1. The summed E-state index contributed by atoms with van der Waals surface area (Å²) in [7, 11) is 1.47. The van der Waals surface area contributed by atoms with Gasteiger partial charge in [0, 0.05) is 5.54 Å². The van der Waals surface area contributed by atoms with E-state index in [1.807, 2.05) is 0 Å². The third-order valence-electron chi connectivity index (χ3n) is 3.79. The molecule has 0 saturated heterocycles. The minimum Gasteiger partial charge on any atom is -0.503 e. The Morgan fingerprint density at radius 2 is 2.04 bits per heavy atom. The smallest absolute Gasteiger partial charge is 0.412 e. The standard InChI is InChI=1S/C17H26N2O4/c1-16(2,3)23-15(21)19-12-9-11(5-6-17(18)7-8-17)10-13(22-4)14(12)20/h9-10,20H,5-8,18H2,1-4H3,(H,19,21). The maximum absolute atomic E-state index is 11.9. The van der Waals surface area contributed by atoms with Crippen LogP contribution in [0.25, 0.3) is 0 Å². The molecule has 1 fully saturated rings. The van der Waals surface area contributed by atoms with Crippen molar-refractivity contribution in [2.24, 2.45) is 5.73 Å². The van der Waals surface area contributed by atoms with Crippen LogP contribution in [0.3, 0.4) is 0 Å². The van der Waals surface area contributed by atoms with Gasteiger partial charge in [0.05, 0.1) is 12.8 Å². The van der Waals surface area contributed by atoms with E-state index in [0.29, 0.717) is 5.75 Å². The molecule has 4 N–H and O–H groups in total.